The van der Waals surface area contributed by atoms with Crippen LogP contribution in [0.3, 0.4) is 0 Å². The number of nitrogens with zero attached hydrogens (tertiary/aromatic N) is 1. The van der Waals surface area contributed by atoms with E-state index in [1.54, 1.807) is 0 Å². The van der Waals surface area contributed by atoms with Crippen LogP contribution in [0.15, 0.2) is 22.7 Å². The van der Waals surface area contributed by atoms with Crippen molar-refractivity contribution in [1.82, 2.24) is 4.90 Å². The Morgan fingerprint density at radius 3 is 2.95 bits per heavy atom. The zero-order chi connectivity index (χ0) is 15.0. The summed E-state index contributed by atoms with van der Waals surface area (Å²) in [4.78, 5) is 2.62. The lowest BCUT2D eigenvalue weighted by atomic mass is 9.76. The molecule has 1 aliphatic heterocycles. The quantitative estimate of drug-likeness (QED) is 0.889. The van der Waals surface area contributed by atoms with Crippen LogP contribution in [0, 0.1) is 0 Å². The summed E-state index contributed by atoms with van der Waals surface area (Å²) in [5, 5.41) is 0. The third kappa shape index (κ3) is 2.91. The van der Waals surface area contributed by atoms with E-state index in [4.69, 9.17) is 10.5 Å². The minimum atomic E-state index is 0.0955. The number of hydrogen-bond donors (Lipinski definition) is 1. The summed E-state index contributed by atoms with van der Waals surface area (Å²) < 4.78 is 6.97. The Kier molecular flexibility index (Phi) is 4.42. The van der Waals surface area contributed by atoms with Gasteiger partial charge in [-0.1, -0.05) is 22.0 Å². The second-order valence-corrected chi connectivity index (χ2v) is 7.58. The maximum absolute atomic E-state index is 6.27. The van der Waals surface area contributed by atoms with Crippen LogP contribution >= 0.6 is 15.9 Å². The highest BCUT2D eigenvalue weighted by Crippen LogP contribution is 2.36. The van der Waals surface area contributed by atoms with E-state index in [0.717, 1.165) is 39.0 Å². The van der Waals surface area contributed by atoms with Crippen molar-refractivity contribution in [3.8, 4) is 0 Å². The molecule has 2 N–H and O–H groups in total. The molecule has 116 valence electrons. The molecule has 3 rings (SSSR count). The normalized spacial score (nSPS) is 33.7. The summed E-state index contributed by atoms with van der Waals surface area (Å²) in [6.07, 6.45) is 3.62. The van der Waals surface area contributed by atoms with E-state index in [1.165, 1.54) is 15.6 Å². The number of rotatable bonds is 2. The fourth-order valence-corrected chi connectivity index (χ4v) is 4.32. The number of hydrogen-bond acceptors (Lipinski definition) is 3. The Hall–Kier alpha value is -0.420. The predicted molar refractivity (Wildman–Crippen MR) is 89.5 cm³/mol. The molecule has 0 spiro atoms. The zero-order valence-corrected chi connectivity index (χ0v) is 14.5. The topological polar surface area (TPSA) is 38.5 Å². The molecule has 2 aliphatic rings. The Balaban J connectivity index is 1.89. The van der Waals surface area contributed by atoms with E-state index in [1.807, 2.05) is 0 Å². The summed E-state index contributed by atoms with van der Waals surface area (Å²) >= 11 is 3.58. The van der Waals surface area contributed by atoms with Gasteiger partial charge in [-0.25, -0.2) is 0 Å². The Bertz CT molecular complexity index is 522. The summed E-state index contributed by atoms with van der Waals surface area (Å²) in [7, 11) is 0. The van der Waals surface area contributed by atoms with Gasteiger partial charge in [0.1, 0.15) is 0 Å². The van der Waals surface area contributed by atoms with Crippen molar-refractivity contribution in [2.75, 3.05) is 19.7 Å². The van der Waals surface area contributed by atoms with Gasteiger partial charge in [0.05, 0.1) is 12.7 Å². The van der Waals surface area contributed by atoms with Crippen LogP contribution in [0.5, 0.6) is 0 Å². The monoisotopic (exact) mass is 352 g/mol. The minimum absolute atomic E-state index is 0.0955. The zero-order valence-electron chi connectivity index (χ0n) is 12.9. The molecule has 1 aliphatic carbocycles. The lowest BCUT2D eigenvalue weighted by molar-refractivity contribution is -0.0960. The number of morpholine rings is 1. The maximum Gasteiger partial charge on any atom is 0.0675 e. The standard InChI is InChI=1S/C17H25BrN2O/c1-12-10-21-13(2)9-20(12)17(11-19)6-5-14-7-16(18)4-3-15(14)8-17/h3-4,7,12-13H,5-6,8-11,19H2,1-2H3. The van der Waals surface area contributed by atoms with Gasteiger partial charge in [-0.05, 0) is 56.4 Å². The van der Waals surface area contributed by atoms with Gasteiger partial charge in [-0.2, -0.15) is 0 Å². The number of ether oxygens (including phenoxy) is 1. The molecule has 0 bridgehead atoms. The first-order valence-electron chi connectivity index (χ1n) is 7.90. The van der Waals surface area contributed by atoms with Crippen LogP contribution in [-0.4, -0.2) is 42.3 Å². The number of halogens is 1. The van der Waals surface area contributed by atoms with Crippen LogP contribution in [0.1, 0.15) is 31.4 Å². The van der Waals surface area contributed by atoms with Crippen molar-refractivity contribution in [1.29, 1.82) is 0 Å². The fourth-order valence-electron chi connectivity index (χ4n) is 3.91. The van der Waals surface area contributed by atoms with Crippen LogP contribution < -0.4 is 5.73 Å². The highest BCUT2D eigenvalue weighted by atomic mass is 79.9. The molecule has 3 unspecified atom stereocenters. The second kappa shape index (κ2) is 5.99. The van der Waals surface area contributed by atoms with Crippen molar-refractivity contribution in [2.24, 2.45) is 5.73 Å². The smallest absolute Gasteiger partial charge is 0.0675 e. The Morgan fingerprint density at radius 1 is 1.38 bits per heavy atom. The lowest BCUT2D eigenvalue weighted by Crippen LogP contribution is -2.64. The van der Waals surface area contributed by atoms with Gasteiger partial charge < -0.3 is 10.5 Å². The Labute approximate surface area is 136 Å². The molecular weight excluding hydrogens is 328 g/mol. The molecule has 0 saturated carbocycles. The molecule has 0 amide bonds. The van der Waals surface area contributed by atoms with Crippen molar-refractivity contribution >= 4 is 15.9 Å². The second-order valence-electron chi connectivity index (χ2n) is 6.66. The molecule has 4 heteroatoms. The van der Waals surface area contributed by atoms with Gasteiger partial charge in [0, 0.05) is 29.1 Å². The van der Waals surface area contributed by atoms with E-state index in [9.17, 15) is 0 Å². The molecule has 3 atom stereocenters. The third-order valence-electron chi connectivity index (χ3n) is 5.14. The first-order valence-corrected chi connectivity index (χ1v) is 8.69. The minimum Gasteiger partial charge on any atom is -0.376 e. The van der Waals surface area contributed by atoms with Crippen LogP contribution in [0.2, 0.25) is 0 Å². The van der Waals surface area contributed by atoms with Gasteiger partial charge in [0.2, 0.25) is 0 Å². The van der Waals surface area contributed by atoms with Gasteiger partial charge in [0.15, 0.2) is 0 Å². The summed E-state index contributed by atoms with van der Waals surface area (Å²) in [6.45, 7) is 6.96. The van der Waals surface area contributed by atoms with E-state index >= 15 is 0 Å². The van der Waals surface area contributed by atoms with Crippen LogP contribution in [0.4, 0.5) is 0 Å². The molecule has 0 radical (unpaired) electrons. The molecule has 3 nitrogen and oxygen atoms in total. The highest BCUT2D eigenvalue weighted by molar-refractivity contribution is 9.10. The van der Waals surface area contributed by atoms with Crippen LogP contribution in [0.25, 0.3) is 0 Å². The molecule has 1 heterocycles. The Morgan fingerprint density at radius 2 is 2.19 bits per heavy atom. The van der Waals surface area contributed by atoms with Crippen molar-refractivity contribution < 1.29 is 4.74 Å². The molecular formula is C17H25BrN2O. The van der Waals surface area contributed by atoms with Crippen molar-refractivity contribution in [2.45, 2.75) is 50.8 Å². The molecule has 1 aromatic carbocycles. The molecule has 1 aromatic rings. The third-order valence-corrected chi connectivity index (χ3v) is 5.64. The van der Waals surface area contributed by atoms with Gasteiger partial charge in [-0.3, -0.25) is 4.90 Å². The van der Waals surface area contributed by atoms with Gasteiger partial charge >= 0.3 is 0 Å². The van der Waals surface area contributed by atoms with E-state index in [0.29, 0.717) is 12.1 Å². The first-order chi connectivity index (χ1) is 10.0. The number of aryl methyl sites for hydroxylation is 1. The first kappa shape index (κ1) is 15.5. The maximum atomic E-state index is 6.27. The number of nitrogens with two attached hydrogens (primary N) is 1. The summed E-state index contributed by atoms with van der Waals surface area (Å²) in [5.74, 6) is 0. The number of fused-ring (bicyclic) bond motifs is 1. The van der Waals surface area contributed by atoms with E-state index in [-0.39, 0.29) is 5.54 Å². The number of benzene rings is 1. The fraction of sp³-hybridized carbons (Fsp3) is 0.647. The molecule has 1 fully saturated rings. The predicted octanol–water partition coefficient (Wildman–Crippen LogP) is 2.74. The summed E-state index contributed by atoms with van der Waals surface area (Å²) in [6, 6.07) is 7.12. The largest absolute Gasteiger partial charge is 0.376 e. The van der Waals surface area contributed by atoms with Gasteiger partial charge in [0.25, 0.3) is 0 Å². The highest BCUT2D eigenvalue weighted by Gasteiger charge is 2.42. The average molecular weight is 353 g/mol. The van der Waals surface area contributed by atoms with Crippen LogP contribution in [-0.2, 0) is 17.6 Å². The molecule has 0 aromatic heterocycles. The van der Waals surface area contributed by atoms with E-state index < -0.39 is 0 Å². The van der Waals surface area contributed by atoms with Gasteiger partial charge in [-0.15, -0.1) is 0 Å². The van der Waals surface area contributed by atoms with Crippen molar-refractivity contribution in [3.05, 3.63) is 33.8 Å². The lowest BCUT2D eigenvalue weighted by Gasteiger charge is -2.52. The average Bonchev–Trinajstić information content (AvgIpc) is 2.49. The molecule has 21 heavy (non-hydrogen) atoms. The summed E-state index contributed by atoms with van der Waals surface area (Å²) in [5.41, 5.74) is 9.30. The van der Waals surface area contributed by atoms with E-state index in [2.05, 4.69) is 52.9 Å². The van der Waals surface area contributed by atoms with Crippen molar-refractivity contribution in [3.63, 3.8) is 0 Å². The molecule has 1 saturated heterocycles. The SMILES string of the molecule is CC1CN(C2(CN)CCc3cc(Br)ccc3C2)C(C)CO1.